The smallest absolute Gasteiger partial charge is 0.244 e. The number of hydrogen-bond donors (Lipinski definition) is 2. The van der Waals surface area contributed by atoms with Crippen LogP contribution in [0.2, 0.25) is 0 Å². The van der Waals surface area contributed by atoms with Gasteiger partial charge in [-0.15, -0.1) is 5.10 Å². The van der Waals surface area contributed by atoms with Gasteiger partial charge >= 0.3 is 0 Å². The summed E-state index contributed by atoms with van der Waals surface area (Å²) < 4.78 is 11.1. The number of allylic oxidation sites excluding steroid dienone is 1. The van der Waals surface area contributed by atoms with E-state index < -0.39 is 5.41 Å². The highest BCUT2D eigenvalue weighted by Crippen LogP contribution is 2.54. The topological polar surface area (TPSA) is 97.0 Å². The molecule has 1 aromatic carbocycles. The Labute approximate surface area is 139 Å². The minimum atomic E-state index is -0.690. The molecule has 24 heavy (non-hydrogen) atoms. The van der Waals surface area contributed by atoms with Gasteiger partial charge in [-0.05, 0) is 12.0 Å². The van der Waals surface area contributed by atoms with Crippen molar-refractivity contribution in [1.82, 2.24) is 10.2 Å². The molecule has 1 saturated heterocycles. The van der Waals surface area contributed by atoms with E-state index in [9.17, 15) is 5.26 Å². The summed E-state index contributed by atoms with van der Waals surface area (Å²) in [5.74, 6) is 0.688. The Kier molecular flexibility index (Phi) is 3.32. The van der Waals surface area contributed by atoms with Crippen LogP contribution in [0.15, 0.2) is 41.8 Å². The zero-order chi connectivity index (χ0) is 16.7. The Hall–Kier alpha value is -2.78. The molecular formula is C18H18N4O2. The van der Waals surface area contributed by atoms with Crippen LogP contribution in [0.1, 0.15) is 23.7 Å². The van der Waals surface area contributed by atoms with E-state index in [1.807, 2.05) is 30.3 Å². The number of hydrogen-bond acceptors (Lipinski definition) is 5. The quantitative estimate of drug-likeness (QED) is 0.900. The highest BCUT2D eigenvalue weighted by molar-refractivity contribution is 5.62. The van der Waals surface area contributed by atoms with Crippen LogP contribution < -0.4 is 10.5 Å². The molecule has 1 aromatic heterocycles. The van der Waals surface area contributed by atoms with Crippen molar-refractivity contribution < 1.29 is 9.47 Å². The van der Waals surface area contributed by atoms with Gasteiger partial charge in [-0.1, -0.05) is 37.3 Å². The molecule has 6 nitrogen and oxygen atoms in total. The molecule has 3 heterocycles. The van der Waals surface area contributed by atoms with E-state index in [4.69, 9.17) is 15.2 Å². The number of ether oxygens (including phenoxy) is 2. The number of rotatable bonds is 3. The summed E-state index contributed by atoms with van der Waals surface area (Å²) in [7, 11) is 0. The summed E-state index contributed by atoms with van der Waals surface area (Å²) in [4.78, 5) is 0. The molecule has 122 valence electrons. The molecule has 0 bridgehead atoms. The standard InChI is InChI=1S/C18H18N4O2/c1-2-14-15-17(22-21-14)24-16(20)13(8-19)18(15,12-9-23-10-12)11-6-4-3-5-7-11/h3-7,12H,2,9-10,20H2,1H3,(H,21,22). The molecule has 1 atom stereocenters. The van der Waals surface area contributed by atoms with E-state index in [1.54, 1.807) is 0 Å². The molecule has 0 spiro atoms. The molecule has 2 aromatic rings. The van der Waals surface area contributed by atoms with Crippen molar-refractivity contribution >= 4 is 0 Å². The van der Waals surface area contributed by atoms with Crippen LogP contribution >= 0.6 is 0 Å². The lowest BCUT2D eigenvalue weighted by Crippen LogP contribution is -2.51. The largest absolute Gasteiger partial charge is 0.420 e. The lowest BCUT2D eigenvalue weighted by atomic mass is 9.60. The van der Waals surface area contributed by atoms with Gasteiger partial charge in [-0.25, -0.2) is 0 Å². The lowest BCUT2D eigenvalue weighted by molar-refractivity contribution is -0.0569. The first kappa shape index (κ1) is 14.8. The van der Waals surface area contributed by atoms with Crippen molar-refractivity contribution in [3.63, 3.8) is 0 Å². The third kappa shape index (κ3) is 1.76. The van der Waals surface area contributed by atoms with E-state index in [-0.39, 0.29) is 11.8 Å². The molecule has 0 amide bonds. The lowest BCUT2D eigenvalue weighted by Gasteiger charge is -2.47. The van der Waals surface area contributed by atoms with Crippen LogP contribution in [-0.4, -0.2) is 23.4 Å². The van der Waals surface area contributed by atoms with Gasteiger partial charge < -0.3 is 15.2 Å². The first-order valence-corrected chi connectivity index (χ1v) is 8.02. The number of benzene rings is 1. The Balaban J connectivity index is 2.10. The second kappa shape index (κ2) is 5.39. The number of aryl methyl sites for hydroxylation is 1. The normalized spacial score (nSPS) is 23.2. The Morgan fingerprint density at radius 3 is 2.71 bits per heavy atom. The predicted molar refractivity (Wildman–Crippen MR) is 87.0 cm³/mol. The highest BCUT2D eigenvalue weighted by Gasteiger charge is 2.55. The zero-order valence-corrected chi connectivity index (χ0v) is 13.4. The number of fused-ring (bicyclic) bond motifs is 1. The second-order valence-corrected chi connectivity index (χ2v) is 6.10. The van der Waals surface area contributed by atoms with Gasteiger partial charge in [0.1, 0.15) is 11.6 Å². The molecule has 6 heteroatoms. The fourth-order valence-electron chi connectivity index (χ4n) is 3.83. The minimum Gasteiger partial charge on any atom is -0.420 e. The molecule has 1 unspecified atom stereocenters. The Morgan fingerprint density at radius 1 is 1.38 bits per heavy atom. The van der Waals surface area contributed by atoms with Crippen molar-refractivity contribution in [2.45, 2.75) is 18.8 Å². The SMILES string of the molecule is CCc1[nH]nc2c1C(c1ccccc1)(C1COC1)C(C#N)=C(N)O2. The van der Waals surface area contributed by atoms with Gasteiger partial charge in [0.2, 0.25) is 11.8 Å². The van der Waals surface area contributed by atoms with Crippen molar-refractivity contribution in [3.05, 3.63) is 58.6 Å². The molecule has 4 rings (SSSR count). The fraction of sp³-hybridized carbons (Fsp3) is 0.333. The van der Waals surface area contributed by atoms with Crippen molar-refractivity contribution in [2.24, 2.45) is 11.7 Å². The number of nitriles is 1. The third-order valence-corrected chi connectivity index (χ3v) is 4.99. The third-order valence-electron chi connectivity index (χ3n) is 4.99. The van der Waals surface area contributed by atoms with Gasteiger partial charge in [0.25, 0.3) is 0 Å². The van der Waals surface area contributed by atoms with Crippen LogP contribution in [0.5, 0.6) is 5.88 Å². The number of nitrogens with one attached hydrogen (secondary N) is 1. The van der Waals surface area contributed by atoms with E-state index in [0.29, 0.717) is 24.7 Å². The van der Waals surface area contributed by atoms with E-state index >= 15 is 0 Å². The highest BCUT2D eigenvalue weighted by atomic mass is 16.5. The van der Waals surface area contributed by atoms with Crippen LogP contribution in [-0.2, 0) is 16.6 Å². The summed E-state index contributed by atoms with van der Waals surface area (Å²) >= 11 is 0. The molecule has 2 aliphatic rings. The van der Waals surface area contributed by atoms with E-state index in [0.717, 1.165) is 23.2 Å². The van der Waals surface area contributed by atoms with E-state index in [1.165, 1.54) is 0 Å². The number of nitrogens with two attached hydrogens (primary N) is 1. The van der Waals surface area contributed by atoms with Crippen LogP contribution in [0, 0.1) is 17.2 Å². The number of aromatic nitrogens is 2. The van der Waals surface area contributed by atoms with Crippen LogP contribution in [0.25, 0.3) is 0 Å². The maximum absolute atomic E-state index is 9.91. The van der Waals surface area contributed by atoms with Crippen LogP contribution in [0.3, 0.4) is 0 Å². The van der Waals surface area contributed by atoms with Gasteiger partial charge in [0, 0.05) is 11.6 Å². The fourth-order valence-corrected chi connectivity index (χ4v) is 3.83. The molecule has 2 aliphatic heterocycles. The molecular weight excluding hydrogens is 304 g/mol. The number of nitrogens with zero attached hydrogens (tertiary/aromatic N) is 2. The van der Waals surface area contributed by atoms with Gasteiger partial charge in [-0.2, -0.15) is 5.26 Å². The summed E-state index contributed by atoms with van der Waals surface area (Å²) in [6, 6.07) is 12.3. The predicted octanol–water partition coefficient (Wildman–Crippen LogP) is 1.99. The summed E-state index contributed by atoms with van der Waals surface area (Å²) in [5, 5.41) is 17.3. The van der Waals surface area contributed by atoms with E-state index in [2.05, 4.69) is 23.2 Å². The number of aromatic amines is 1. The average Bonchev–Trinajstić information content (AvgIpc) is 2.97. The molecule has 0 aliphatic carbocycles. The molecule has 0 saturated carbocycles. The molecule has 1 fully saturated rings. The summed E-state index contributed by atoms with van der Waals surface area (Å²) in [5.41, 5.74) is 8.75. The second-order valence-electron chi connectivity index (χ2n) is 6.10. The monoisotopic (exact) mass is 322 g/mol. The first-order valence-electron chi connectivity index (χ1n) is 8.02. The average molecular weight is 322 g/mol. The van der Waals surface area contributed by atoms with Crippen molar-refractivity contribution in [2.75, 3.05) is 13.2 Å². The van der Waals surface area contributed by atoms with Gasteiger partial charge in [0.15, 0.2) is 0 Å². The maximum Gasteiger partial charge on any atom is 0.244 e. The van der Waals surface area contributed by atoms with Crippen molar-refractivity contribution in [1.29, 1.82) is 5.26 Å². The first-order chi connectivity index (χ1) is 11.7. The Bertz CT molecular complexity index is 846. The minimum absolute atomic E-state index is 0.110. The van der Waals surface area contributed by atoms with Crippen LogP contribution in [0.4, 0.5) is 0 Å². The summed E-state index contributed by atoms with van der Waals surface area (Å²) in [6.45, 7) is 3.19. The molecule has 0 radical (unpaired) electrons. The zero-order valence-electron chi connectivity index (χ0n) is 13.4. The Morgan fingerprint density at radius 2 is 2.12 bits per heavy atom. The van der Waals surface area contributed by atoms with Gasteiger partial charge in [-0.3, -0.25) is 5.10 Å². The molecule has 3 N–H and O–H groups in total. The maximum atomic E-state index is 9.91. The van der Waals surface area contributed by atoms with Crippen molar-refractivity contribution in [3.8, 4) is 11.9 Å². The number of H-pyrrole nitrogens is 1. The van der Waals surface area contributed by atoms with Gasteiger partial charge in [0.05, 0.1) is 24.2 Å². The summed E-state index contributed by atoms with van der Waals surface area (Å²) in [6.07, 6.45) is 0.756.